The molecule has 0 unspecified atom stereocenters. The molecule has 0 aliphatic carbocycles. The minimum absolute atomic E-state index is 0.0273. The molecule has 0 aliphatic heterocycles. The third-order valence-electron chi connectivity index (χ3n) is 2.39. The minimum atomic E-state index is 0.0273. The van der Waals surface area contributed by atoms with Gasteiger partial charge in [0.1, 0.15) is 0 Å². The average Bonchev–Trinajstić information content (AvgIpc) is 2.76. The quantitative estimate of drug-likeness (QED) is 0.829. The molecule has 2 rings (SSSR count). The van der Waals surface area contributed by atoms with E-state index in [1.165, 1.54) is 11.3 Å². The van der Waals surface area contributed by atoms with Gasteiger partial charge in [0.25, 0.3) is 0 Å². The second-order valence-electron chi connectivity index (χ2n) is 3.92. The first-order valence-corrected chi connectivity index (χ1v) is 6.29. The number of rotatable bonds is 3. The van der Waals surface area contributed by atoms with E-state index in [0.29, 0.717) is 6.54 Å². The second-order valence-corrected chi connectivity index (χ2v) is 5.72. The third kappa shape index (κ3) is 2.23. The number of imidazole rings is 1. The molecule has 3 nitrogen and oxygen atoms in total. The van der Waals surface area contributed by atoms with E-state index in [0.717, 1.165) is 9.21 Å². The van der Waals surface area contributed by atoms with E-state index in [1.807, 2.05) is 38.4 Å². The topological polar surface area (TPSA) is 26.9 Å². The van der Waals surface area contributed by atoms with Crippen molar-refractivity contribution in [3.05, 3.63) is 44.2 Å². The van der Waals surface area contributed by atoms with E-state index < -0.39 is 0 Å². The zero-order chi connectivity index (χ0) is 11.7. The Balaban J connectivity index is 2.26. The fourth-order valence-corrected chi connectivity index (χ4v) is 2.63. The summed E-state index contributed by atoms with van der Waals surface area (Å²) in [4.78, 5) is 13.0. The van der Waals surface area contributed by atoms with Crippen molar-refractivity contribution in [1.29, 1.82) is 0 Å². The Labute approximate surface area is 103 Å². The Morgan fingerprint density at radius 3 is 2.62 bits per heavy atom. The molecule has 0 N–H and O–H groups in total. The van der Waals surface area contributed by atoms with Crippen LogP contribution >= 0.6 is 22.9 Å². The lowest BCUT2D eigenvalue weighted by Gasteiger charge is -2.04. The highest BCUT2D eigenvalue weighted by molar-refractivity contribution is 7.16. The largest absolute Gasteiger partial charge is 0.328 e. The maximum atomic E-state index is 11.9. The fraction of sp³-hybridized carbons (Fsp3) is 0.364. The van der Waals surface area contributed by atoms with Crippen LogP contribution in [-0.2, 0) is 6.54 Å². The summed E-state index contributed by atoms with van der Waals surface area (Å²) in [6.07, 6.45) is 3.64. The standard InChI is InChI=1S/C11H13ClN2OS/c1-8(2)14-6-5-13(11(14)15)7-9-3-4-10(12)16-9/h3-6,8H,7H2,1-2H3. The highest BCUT2D eigenvalue weighted by Gasteiger charge is 2.07. The van der Waals surface area contributed by atoms with Crippen molar-refractivity contribution in [2.24, 2.45) is 0 Å². The van der Waals surface area contributed by atoms with Crippen molar-refractivity contribution in [1.82, 2.24) is 9.13 Å². The molecule has 0 aromatic carbocycles. The van der Waals surface area contributed by atoms with Gasteiger partial charge in [-0.15, -0.1) is 11.3 Å². The summed E-state index contributed by atoms with van der Waals surface area (Å²) in [7, 11) is 0. The first-order chi connectivity index (χ1) is 7.58. The number of aromatic nitrogens is 2. The molecule has 0 amide bonds. The SMILES string of the molecule is CC(C)n1ccn(Cc2ccc(Cl)s2)c1=O. The van der Waals surface area contributed by atoms with Crippen molar-refractivity contribution in [2.75, 3.05) is 0 Å². The van der Waals surface area contributed by atoms with Gasteiger partial charge in [-0.05, 0) is 26.0 Å². The molecule has 2 heterocycles. The summed E-state index contributed by atoms with van der Waals surface area (Å²) in [5.41, 5.74) is 0.0273. The molecule has 0 radical (unpaired) electrons. The molecule has 0 spiro atoms. The summed E-state index contributed by atoms with van der Waals surface area (Å²) < 4.78 is 4.17. The molecule has 86 valence electrons. The lowest BCUT2D eigenvalue weighted by molar-refractivity contribution is 0.562. The summed E-state index contributed by atoms with van der Waals surface area (Å²) >= 11 is 7.35. The molecule has 0 fully saturated rings. The van der Waals surface area contributed by atoms with Gasteiger partial charge in [0, 0.05) is 23.3 Å². The first-order valence-electron chi connectivity index (χ1n) is 5.09. The zero-order valence-corrected chi connectivity index (χ0v) is 10.8. The average molecular weight is 257 g/mol. The minimum Gasteiger partial charge on any atom is -0.297 e. The van der Waals surface area contributed by atoms with Crippen LogP contribution in [-0.4, -0.2) is 9.13 Å². The van der Waals surface area contributed by atoms with Crippen LogP contribution in [0.4, 0.5) is 0 Å². The highest BCUT2D eigenvalue weighted by atomic mass is 35.5. The van der Waals surface area contributed by atoms with Crippen molar-refractivity contribution in [3.8, 4) is 0 Å². The van der Waals surface area contributed by atoms with E-state index in [9.17, 15) is 4.79 Å². The number of nitrogens with zero attached hydrogens (tertiary/aromatic N) is 2. The number of thiophene rings is 1. The summed E-state index contributed by atoms with van der Waals surface area (Å²) in [6.45, 7) is 4.58. The van der Waals surface area contributed by atoms with Gasteiger partial charge in [-0.2, -0.15) is 0 Å². The van der Waals surface area contributed by atoms with Gasteiger partial charge in [-0.3, -0.25) is 9.13 Å². The highest BCUT2D eigenvalue weighted by Crippen LogP contribution is 2.21. The zero-order valence-electron chi connectivity index (χ0n) is 9.18. The van der Waals surface area contributed by atoms with Crippen molar-refractivity contribution in [3.63, 3.8) is 0 Å². The van der Waals surface area contributed by atoms with E-state index >= 15 is 0 Å². The van der Waals surface area contributed by atoms with Gasteiger partial charge in [-0.1, -0.05) is 11.6 Å². The van der Waals surface area contributed by atoms with Crippen LogP contribution < -0.4 is 5.69 Å². The monoisotopic (exact) mass is 256 g/mol. The molecule has 5 heteroatoms. The molecule has 0 saturated carbocycles. The molecular formula is C11H13ClN2OS. The van der Waals surface area contributed by atoms with Gasteiger partial charge in [-0.25, -0.2) is 4.79 Å². The normalized spacial score (nSPS) is 11.2. The van der Waals surface area contributed by atoms with Crippen molar-refractivity contribution < 1.29 is 0 Å². The molecule has 2 aromatic heterocycles. The van der Waals surface area contributed by atoms with E-state index in [1.54, 1.807) is 9.13 Å². The molecular weight excluding hydrogens is 244 g/mol. The maximum absolute atomic E-state index is 11.9. The summed E-state index contributed by atoms with van der Waals surface area (Å²) in [6, 6.07) is 4.00. The van der Waals surface area contributed by atoms with Crippen LogP contribution in [0.15, 0.2) is 29.3 Å². The number of hydrogen-bond acceptors (Lipinski definition) is 2. The maximum Gasteiger partial charge on any atom is 0.328 e. The van der Waals surface area contributed by atoms with E-state index in [2.05, 4.69) is 0 Å². The molecule has 16 heavy (non-hydrogen) atoms. The molecule has 2 aromatic rings. The molecule has 0 aliphatic rings. The molecule has 0 bridgehead atoms. The smallest absolute Gasteiger partial charge is 0.297 e. The van der Waals surface area contributed by atoms with Gasteiger partial charge in [0.2, 0.25) is 0 Å². The van der Waals surface area contributed by atoms with Crippen LogP contribution in [0.25, 0.3) is 0 Å². The van der Waals surface area contributed by atoms with Gasteiger partial charge < -0.3 is 0 Å². The predicted octanol–water partition coefficient (Wildman–Crippen LogP) is 2.99. The Morgan fingerprint density at radius 2 is 2.12 bits per heavy atom. The first kappa shape index (κ1) is 11.5. The van der Waals surface area contributed by atoms with Crippen LogP contribution in [0.5, 0.6) is 0 Å². The number of hydrogen-bond donors (Lipinski definition) is 0. The van der Waals surface area contributed by atoms with Crippen molar-refractivity contribution >= 4 is 22.9 Å². The Morgan fingerprint density at radius 1 is 1.38 bits per heavy atom. The van der Waals surface area contributed by atoms with E-state index in [-0.39, 0.29) is 11.7 Å². The van der Waals surface area contributed by atoms with Crippen LogP contribution in [0.1, 0.15) is 24.8 Å². The summed E-state index contributed by atoms with van der Waals surface area (Å²) in [5, 5.41) is 0. The summed E-state index contributed by atoms with van der Waals surface area (Å²) in [5.74, 6) is 0. The Bertz CT molecular complexity index is 538. The lowest BCUT2D eigenvalue weighted by Crippen LogP contribution is -2.25. The molecule has 0 atom stereocenters. The molecule has 0 saturated heterocycles. The lowest BCUT2D eigenvalue weighted by atomic mass is 10.4. The van der Waals surface area contributed by atoms with Crippen LogP contribution in [0.2, 0.25) is 4.34 Å². The number of halogens is 1. The Kier molecular flexibility index (Phi) is 3.21. The van der Waals surface area contributed by atoms with Gasteiger partial charge in [0.15, 0.2) is 0 Å². The van der Waals surface area contributed by atoms with Gasteiger partial charge >= 0.3 is 5.69 Å². The van der Waals surface area contributed by atoms with E-state index in [4.69, 9.17) is 11.6 Å². The van der Waals surface area contributed by atoms with Gasteiger partial charge in [0.05, 0.1) is 10.9 Å². The third-order valence-corrected chi connectivity index (χ3v) is 3.60. The Hall–Kier alpha value is -1.00. The predicted molar refractivity (Wildman–Crippen MR) is 67.5 cm³/mol. The van der Waals surface area contributed by atoms with Crippen LogP contribution in [0.3, 0.4) is 0 Å². The second kappa shape index (κ2) is 4.47. The fourth-order valence-electron chi connectivity index (χ4n) is 1.55. The van der Waals surface area contributed by atoms with Crippen LogP contribution in [0, 0.1) is 0 Å². The van der Waals surface area contributed by atoms with Crippen molar-refractivity contribution in [2.45, 2.75) is 26.4 Å².